The van der Waals surface area contributed by atoms with Crippen LogP contribution in [0.4, 0.5) is 0 Å². The fourth-order valence-corrected chi connectivity index (χ4v) is 2.45. The van der Waals surface area contributed by atoms with Crippen LogP contribution in [0.25, 0.3) is 0 Å². The first-order chi connectivity index (χ1) is 8.18. The fourth-order valence-electron chi connectivity index (χ4n) is 2.45. The summed E-state index contributed by atoms with van der Waals surface area (Å²) < 4.78 is 0. The van der Waals surface area contributed by atoms with E-state index in [1.807, 2.05) is 6.07 Å². The topological polar surface area (TPSA) is 29.1 Å². The van der Waals surface area contributed by atoms with E-state index < -0.39 is 0 Å². The maximum absolute atomic E-state index is 12.2. The van der Waals surface area contributed by atoms with Crippen LogP contribution in [0, 0.1) is 5.92 Å². The lowest BCUT2D eigenvalue weighted by molar-refractivity contribution is -0.123. The van der Waals surface area contributed by atoms with Crippen molar-refractivity contribution in [2.75, 3.05) is 6.54 Å². The molecule has 1 aromatic rings. The van der Waals surface area contributed by atoms with E-state index in [-0.39, 0.29) is 11.8 Å². The van der Waals surface area contributed by atoms with Crippen LogP contribution in [-0.4, -0.2) is 12.5 Å². The third-order valence-electron chi connectivity index (χ3n) is 3.37. The molecule has 0 aromatic heterocycles. The lowest BCUT2D eigenvalue weighted by Crippen LogP contribution is -2.33. The van der Waals surface area contributed by atoms with Crippen LogP contribution in [0.3, 0.4) is 0 Å². The van der Waals surface area contributed by atoms with Crippen molar-refractivity contribution >= 4 is 5.91 Å². The van der Waals surface area contributed by atoms with Gasteiger partial charge in [-0.2, -0.15) is 0 Å². The summed E-state index contributed by atoms with van der Waals surface area (Å²) >= 11 is 0. The standard InChI is InChI=1S/C15H21NO/c1-11(2)10-16-15(17)14-9-5-7-12-6-3-4-8-13(12)14/h3-4,6,8,11,14H,5,7,9-10H2,1-2H3,(H,16,17). The van der Waals surface area contributed by atoms with Crippen molar-refractivity contribution in [3.8, 4) is 0 Å². The number of amides is 1. The van der Waals surface area contributed by atoms with Gasteiger partial charge in [0.1, 0.15) is 0 Å². The quantitative estimate of drug-likeness (QED) is 0.851. The predicted molar refractivity (Wildman–Crippen MR) is 70.0 cm³/mol. The van der Waals surface area contributed by atoms with Crippen LogP contribution in [-0.2, 0) is 11.2 Å². The number of nitrogens with one attached hydrogen (secondary N) is 1. The van der Waals surface area contributed by atoms with Gasteiger partial charge in [-0.05, 0) is 36.3 Å². The minimum atomic E-state index is 0.0682. The van der Waals surface area contributed by atoms with Crippen molar-refractivity contribution in [2.24, 2.45) is 5.92 Å². The van der Waals surface area contributed by atoms with Gasteiger partial charge in [-0.25, -0.2) is 0 Å². The number of benzene rings is 1. The molecule has 0 bridgehead atoms. The largest absolute Gasteiger partial charge is 0.355 e. The highest BCUT2D eigenvalue weighted by Crippen LogP contribution is 2.31. The van der Waals surface area contributed by atoms with Crippen LogP contribution >= 0.6 is 0 Å². The average molecular weight is 231 g/mol. The van der Waals surface area contributed by atoms with Crippen LogP contribution in [0.15, 0.2) is 24.3 Å². The lowest BCUT2D eigenvalue weighted by atomic mass is 9.82. The van der Waals surface area contributed by atoms with Gasteiger partial charge in [0.15, 0.2) is 0 Å². The van der Waals surface area contributed by atoms with Crippen molar-refractivity contribution in [3.63, 3.8) is 0 Å². The molecule has 0 radical (unpaired) electrons. The molecule has 2 rings (SSSR count). The Bertz CT molecular complexity index is 398. The number of carbonyl (C=O) groups excluding carboxylic acids is 1. The van der Waals surface area contributed by atoms with Crippen LogP contribution in [0.1, 0.15) is 43.7 Å². The SMILES string of the molecule is CC(C)CNC(=O)C1CCCc2ccccc21. The summed E-state index contributed by atoms with van der Waals surface area (Å²) in [4.78, 5) is 12.2. The summed E-state index contributed by atoms with van der Waals surface area (Å²) in [6.45, 7) is 5.02. The number of rotatable bonds is 3. The number of hydrogen-bond donors (Lipinski definition) is 1. The van der Waals surface area contributed by atoms with Gasteiger partial charge in [0.25, 0.3) is 0 Å². The first kappa shape index (κ1) is 12.2. The Kier molecular flexibility index (Phi) is 3.82. The third kappa shape index (κ3) is 2.87. The molecule has 1 aromatic carbocycles. The van der Waals surface area contributed by atoms with E-state index in [9.17, 15) is 4.79 Å². The molecule has 1 aliphatic rings. The molecule has 0 saturated carbocycles. The van der Waals surface area contributed by atoms with E-state index in [2.05, 4.69) is 37.4 Å². The van der Waals surface area contributed by atoms with Gasteiger partial charge in [0.2, 0.25) is 5.91 Å². The summed E-state index contributed by atoms with van der Waals surface area (Å²) in [5, 5.41) is 3.05. The van der Waals surface area contributed by atoms with Gasteiger partial charge >= 0.3 is 0 Å². The van der Waals surface area contributed by atoms with Crippen LogP contribution < -0.4 is 5.32 Å². The van der Waals surface area contributed by atoms with E-state index >= 15 is 0 Å². The highest BCUT2D eigenvalue weighted by atomic mass is 16.1. The summed E-state index contributed by atoms with van der Waals surface area (Å²) in [5.74, 6) is 0.780. The van der Waals surface area contributed by atoms with Gasteiger partial charge in [-0.15, -0.1) is 0 Å². The molecular formula is C15H21NO. The number of fused-ring (bicyclic) bond motifs is 1. The lowest BCUT2D eigenvalue weighted by Gasteiger charge is -2.25. The Morgan fingerprint density at radius 2 is 2.18 bits per heavy atom. The maximum atomic E-state index is 12.2. The monoisotopic (exact) mass is 231 g/mol. The zero-order valence-corrected chi connectivity index (χ0v) is 10.7. The van der Waals surface area contributed by atoms with Gasteiger partial charge in [0, 0.05) is 6.54 Å². The molecule has 1 amide bonds. The fraction of sp³-hybridized carbons (Fsp3) is 0.533. The normalized spacial score (nSPS) is 18.9. The van der Waals surface area contributed by atoms with Crippen LogP contribution in [0.2, 0.25) is 0 Å². The van der Waals surface area contributed by atoms with Crippen LogP contribution in [0.5, 0.6) is 0 Å². The smallest absolute Gasteiger partial charge is 0.227 e. The number of hydrogen-bond acceptors (Lipinski definition) is 1. The molecule has 0 spiro atoms. The Labute approximate surface area is 103 Å². The van der Waals surface area contributed by atoms with E-state index in [4.69, 9.17) is 0 Å². The number of aryl methyl sites for hydroxylation is 1. The second-order valence-electron chi connectivity index (χ2n) is 5.28. The van der Waals surface area contributed by atoms with Crippen molar-refractivity contribution in [2.45, 2.75) is 39.0 Å². The summed E-state index contributed by atoms with van der Waals surface area (Å²) in [7, 11) is 0. The van der Waals surface area contributed by atoms with E-state index in [0.717, 1.165) is 25.8 Å². The summed E-state index contributed by atoms with van der Waals surface area (Å²) in [6.07, 6.45) is 3.22. The minimum absolute atomic E-state index is 0.0682. The molecule has 0 saturated heterocycles. The molecule has 0 aliphatic heterocycles. The van der Waals surface area contributed by atoms with Gasteiger partial charge < -0.3 is 5.32 Å². The first-order valence-electron chi connectivity index (χ1n) is 6.54. The van der Waals surface area contributed by atoms with E-state index in [1.165, 1.54) is 11.1 Å². The average Bonchev–Trinajstić information content (AvgIpc) is 2.35. The van der Waals surface area contributed by atoms with Crippen molar-refractivity contribution in [1.82, 2.24) is 5.32 Å². The van der Waals surface area contributed by atoms with Crippen molar-refractivity contribution in [1.29, 1.82) is 0 Å². The molecule has 0 heterocycles. The molecule has 0 fully saturated rings. The Balaban J connectivity index is 2.10. The second-order valence-corrected chi connectivity index (χ2v) is 5.28. The predicted octanol–water partition coefficient (Wildman–Crippen LogP) is 2.88. The Hall–Kier alpha value is -1.31. The van der Waals surface area contributed by atoms with Crippen molar-refractivity contribution in [3.05, 3.63) is 35.4 Å². The second kappa shape index (κ2) is 5.35. The highest BCUT2D eigenvalue weighted by Gasteiger charge is 2.25. The molecule has 1 unspecified atom stereocenters. The van der Waals surface area contributed by atoms with Gasteiger partial charge in [-0.3, -0.25) is 4.79 Å². The molecule has 1 atom stereocenters. The molecule has 1 aliphatic carbocycles. The molecule has 17 heavy (non-hydrogen) atoms. The number of carbonyl (C=O) groups is 1. The minimum Gasteiger partial charge on any atom is -0.355 e. The summed E-state index contributed by atoms with van der Waals surface area (Å²) in [5.41, 5.74) is 2.59. The van der Waals surface area contributed by atoms with E-state index in [1.54, 1.807) is 0 Å². The first-order valence-corrected chi connectivity index (χ1v) is 6.54. The Morgan fingerprint density at radius 3 is 2.94 bits per heavy atom. The van der Waals surface area contributed by atoms with Gasteiger partial charge in [0.05, 0.1) is 5.92 Å². The zero-order chi connectivity index (χ0) is 12.3. The molecule has 2 heteroatoms. The van der Waals surface area contributed by atoms with Crippen molar-refractivity contribution < 1.29 is 4.79 Å². The third-order valence-corrected chi connectivity index (χ3v) is 3.37. The Morgan fingerprint density at radius 1 is 1.41 bits per heavy atom. The van der Waals surface area contributed by atoms with E-state index in [0.29, 0.717) is 5.92 Å². The molecule has 1 N–H and O–H groups in total. The molecule has 2 nitrogen and oxygen atoms in total. The molecular weight excluding hydrogens is 210 g/mol. The highest BCUT2D eigenvalue weighted by molar-refractivity contribution is 5.84. The van der Waals surface area contributed by atoms with Gasteiger partial charge in [-0.1, -0.05) is 38.1 Å². The molecule has 92 valence electrons. The maximum Gasteiger partial charge on any atom is 0.227 e. The summed E-state index contributed by atoms with van der Waals surface area (Å²) in [6, 6.07) is 8.35. The zero-order valence-electron chi connectivity index (χ0n) is 10.7.